The van der Waals surface area contributed by atoms with E-state index in [-0.39, 0.29) is 6.42 Å². The first-order valence-corrected chi connectivity index (χ1v) is 3.32. The quantitative estimate of drug-likeness (QED) is 0.602. The maximum absolute atomic E-state index is 12.3. The largest absolute Gasteiger partial charge is 0.327 e. The zero-order valence-electron chi connectivity index (χ0n) is 5.69. The van der Waals surface area contributed by atoms with E-state index in [9.17, 15) is 8.78 Å². The predicted octanol–water partition coefficient (Wildman–Crippen LogP) is 1.54. The topological polar surface area (TPSA) is 26.0 Å². The van der Waals surface area contributed by atoms with E-state index in [2.05, 4.69) is 6.58 Å². The lowest BCUT2D eigenvalue weighted by atomic mass is 10.1. The minimum Gasteiger partial charge on any atom is -0.327 e. The van der Waals surface area contributed by atoms with Crippen LogP contribution < -0.4 is 5.73 Å². The normalized spacial score (nSPS) is 31.3. The van der Waals surface area contributed by atoms with Gasteiger partial charge in [0.25, 0.3) is 5.92 Å². The fourth-order valence-electron chi connectivity index (χ4n) is 1.06. The Morgan fingerprint density at radius 1 is 1.80 bits per heavy atom. The molecular weight excluding hydrogens is 136 g/mol. The van der Waals surface area contributed by atoms with Crippen LogP contribution in [0.25, 0.3) is 0 Å². The standard InChI is InChI=1S/C7H11F2N/c1-2-3-6(10)5-4-7(5,8)9/h2,5-6H,1,3-4,10H2. The fraction of sp³-hybridized carbons (Fsp3) is 0.714. The molecule has 0 bridgehead atoms. The van der Waals surface area contributed by atoms with Crippen molar-refractivity contribution in [2.45, 2.75) is 24.8 Å². The number of rotatable bonds is 3. The van der Waals surface area contributed by atoms with Crippen LogP contribution in [0.4, 0.5) is 8.78 Å². The number of nitrogens with two attached hydrogens (primary N) is 1. The van der Waals surface area contributed by atoms with Gasteiger partial charge in [0.1, 0.15) is 0 Å². The predicted molar refractivity (Wildman–Crippen MR) is 35.8 cm³/mol. The van der Waals surface area contributed by atoms with Crippen LogP contribution in [0, 0.1) is 5.92 Å². The van der Waals surface area contributed by atoms with Crippen LogP contribution >= 0.6 is 0 Å². The summed E-state index contributed by atoms with van der Waals surface area (Å²) in [7, 11) is 0. The third-order valence-corrected chi connectivity index (χ3v) is 1.83. The molecule has 1 rings (SSSR count). The van der Waals surface area contributed by atoms with Gasteiger partial charge in [-0.15, -0.1) is 6.58 Å². The highest BCUT2D eigenvalue weighted by Gasteiger charge is 2.59. The molecule has 2 atom stereocenters. The molecule has 1 aliphatic rings. The van der Waals surface area contributed by atoms with Gasteiger partial charge in [-0.05, 0) is 6.42 Å². The Morgan fingerprint density at radius 3 is 2.60 bits per heavy atom. The number of hydrogen-bond donors (Lipinski definition) is 1. The van der Waals surface area contributed by atoms with E-state index in [4.69, 9.17) is 5.73 Å². The zero-order chi connectivity index (χ0) is 7.78. The minimum absolute atomic E-state index is 0.0397. The Balaban J connectivity index is 2.32. The molecule has 2 N–H and O–H groups in total. The molecule has 1 fully saturated rings. The van der Waals surface area contributed by atoms with Gasteiger partial charge in [0.15, 0.2) is 0 Å². The molecule has 0 saturated heterocycles. The van der Waals surface area contributed by atoms with E-state index in [1.165, 1.54) is 0 Å². The molecule has 0 aromatic rings. The molecule has 0 radical (unpaired) electrons. The molecular formula is C7H11F2N. The van der Waals surface area contributed by atoms with Crippen molar-refractivity contribution in [3.63, 3.8) is 0 Å². The molecule has 0 aromatic heterocycles. The van der Waals surface area contributed by atoms with Gasteiger partial charge < -0.3 is 5.73 Å². The monoisotopic (exact) mass is 147 g/mol. The zero-order valence-corrected chi connectivity index (χ0v) is 5.69. The van der Waals surface area contributed by atoms with Gasteiger partial charge in [-0.2, -0.15) is 0 Å². The Hall–Kier alpha value is -0.440. The maximum Gasteiger partial charge on any atom is 0.253 e. The van der Waals surface area contributed by atoms with Gasteiger partial charge in [0.05, 0.1) is 0 Å². The molecule has 3 heteroatoms. The van der Waals surface area contributed by atoms with Crippen molar-refractivity contribution >= 4 is 0 Å². The molecule has 0 aliphatic heterocycles. The molecule has 0 heterocycles. The van der Waals surface area contributed by atoms with Crippen molar-refractivity contribution in [2.24, 2.45) is 11.7 Å². The van der Waals surface area contributed by atoms with Gasteiger partial charge in [-0.1, -0.05) is 6.08 Å². The van der Waals surface area contributed by atoms with E-state index < -0.39 is 17.9 Å². The van der Waals surface area contributed by atoms with E-state index in [0.29, 0.717) is 6.42 Å². The first kappa shape index (κ1) is 7.66. The Labute approximate surface area is 58.9 Å². The second-order valence-electron chi connectivity index (χ2n) is 2.76. The summed E-state index contributed by atoms with van der Waals surface area (Å²) in [6, 6.07) is -0.396. The second-order valence-corrected chi connectivity index (χ2v) is 2.76. The molecule has 2 unspecified atom stereocenters. The lowest BCUT2D eigenvalue weighted by molar-refractivity contribution is 0.0934. The molecule has 1 saturated carbocycles. The number of hydrogen-bond acceptors (Lipinski definition) is 1. The van der Waals surface area contributed by atoms with Crippen LogP contribution in [0.15, 0.2) is 12.7 Å². The molecule has 0 aromatic carbocycles. The van der Waals surface area contributed by atoms with E-state index in [1.54, 1.807) is 6.08 Å². The summed E-state index contributed by atoms with van der Waals surface area (Å²) in [4.78, 5) is 0. The molecule has 0 spiro atoms. The summed E-state index contributed by atoms with van der Waals surface area (Å²) >= 11 is 0. The molecule has 10 heavy (non-hydrogen) atoms. The van der Waals surface area contributed by atoms with E-state index in [1.807, 2.05) is 0 Å². The third-order valence-electron chi connectivity index (χ3n) is 1.83. The summed E-state index contributed by atoms with van der Waals surface area (Å²) in [6.07, 6.45) is 2.03. The van der Waals surface area contributed by atoms with Crippen molar-refractivity contribution in [2.75, 3.05) is 0 Å². The van der Waals surface area contributed by atoms with Crippen LogP contribution in [-0.2, 0) is 0 Å². The van der Waals surface area contributed by atoms with Gasteiger partial charge >= 0.3 is 0 Å². The number of halogens is 2. The van der Waals surface area contributed by atoms with Crippen LogP contribution in [0.1, 0.15) is 12.8 Å². The summed E-state index contributed by atoms with van der Waals surface area (Å²) in [5.74, 6) is -3.08. The van der Waals surface area contributed by atoms with Gasteiger partial charge in [0.2, 0.25) is 0 Å². The molecule has 0 amide bonds. The highest BCUT2D eigenvalue weighted by molar-refractivity contribution is 5.02. The molecule has 1 aliphatic carbocycles. The van der Waals surface area contributed by atoms with Gasteiger partial charge in [-0.3, -0.25) is 0 Å². The maximum atomic E-state index is 12.3. The first-order chi connectivity index (χ1) is 4.58. The lowest BCUT2D eigenvalue weighted by Gasteiger charge is -2.05. The fourth-order valence-corrected chi connectivity index (χ4v) is 1.06. The Bertz CT molecular complexity index is 145. The van der Waals surface area contributed by atoms with Crippen molar-refractivity contribution in [1.82, 2.24) is 0 Å². The lowest BCUT2D eigenvalue weighted by Crippen LogP contribution is -2.24. The van der Waals surface area contributed by atoms with Gasteiger partial charge in [0, 0.05) is 18.4 Å². The average Bonchev–Trinajstić information content (AvgIpc) is 2.41. The van der Waals surface area contributed by atoms with E-state index in [0.717, 1.165) is 0 Å². The average molecular weight is 147 g/mol. The summed E-state index contributed by atoms with van der Waals surface area (Å²) in [5.41, 5.74) is 5.41. The number of alkyl halides is 2. The van der Waals surface area contributed by atoms with Crippen LogP contribution in [0.5, 0.6) is 0 Å². The van der Waals surface area contributed by atoms with Crippen molar-refractivity contribution in [3.05, 3.63) is 12.7 Å². The summed E-state index contributed by atoms with van der Waals surface area (Å²) in [6.45, 7) is 3.43. The Morgan fingerprint density at radius 2 is 2.30 bits per heavy atom. The van der Waals surface area contributed by atoms with Crippen molar-refractivity contribution in [1.29, 1.82) is 0 Å². The SMILES string of the molecule is C=CCC(N)C1CC1(F)F. The first-order valence-electron chi connectivity index (χ1n) is 3.32. The second kappa shape index (κ2) is 2.31. The summed E-state index contributed by atoms with van der Waals surface area (Å²) in [5, 5.41) is 0. The van der Waals surface area contributed by atoms with Crippen LogP contribution in [0.2, 0.25) is 0 Å². The third kappa shape index (κ3) is 1.34. The smallest absolute Gasteiger partial charge is 0.253 e. The minimum atomic E-state index is -2.48. The van der Waals surface area contributed by atoms with Crippen molar-refractivity contribution < 1.29 is 8.78 Å². The van der Waals surface area contributed by atoms with E-state index >= 15 is 0 Å². The van der Waals surface area contributed by atoms with Crippen molar-refractivity contribution in [3.8, 4) is 0 Å². The molecule has 1 nitrogen and oxygen atoms in total. The van der Waals surface area contributed by atoms with Crippen LogP contribution in [0.3, 0.4) is 0 Å². The van der Waals surface area contributed by atoms with Crippen LogP contribution in [-0.4, -0.2) is 12.0 Å². The summed E-state index contributed by atoms with van der Waals surface area (Å²) < 4.78 is 24.5. The highest BCUT2D eigenvalue weighted by Crippen LogP contribution is 2.50. The Kier molecular flexibility index (Phi) is 1.77. The molecule has 58 valence electrons. The van der Waals surface area contributed by atoms with Gasteiger partial charge in [-0.25, -0.2) is 8.78 Å². The highest BCUT2D eigenvalue weighted by atomic mass is 19.3.